The van der Waals surface area contributed by atoms with E-state index in [9.17, 15) is 28.2 Å². The number of amides is 2. The zero-order valence-corrected chi connectivity index (χ0v) is 17.1. The molecular weight excluding hydrogens is 398 g/mol. The Hall–Kier alpha value is -2.17. The van der Waals surface area contributed by atoms with Crippen LogP contribution in [-0.2, 0) is 14.8 Å². The van der Waals surface area contributed by atoms with E-state index >= 15 is 0 Å². The highest BCUT2D eigenvalue weighted by Crippen LogP contribution is 2.34. The standard InChI is InChI=1S/C19H27N3O6S/c1-13-2-4-14(5-3-13)15-6-10-22(11-7-15)29(27,28)16-8-9-21(18(20)25)12-19(16,26)17(23)24/h2-5,15-16,26H,6-12H2,1H3,(H2,20,25)(H,23,24). The third-order valence-electron chi connectivity index (χ3n) is 6.03. The van der Waals surface area contributed by atoms with Crippen molar-refractivity contribution in [3.8, 4) is 0 Å². The Labute approximate surface area is 170 Å². The van der Waals surface area contributed by atoms with Crippen molar-refractivity contribution in [2.75, 3.05) is 26.2 Å². The summed E-state index contributed by atoms with van der Waals surface area (Å²) in [7, 11) is -4.08. The summed E-state index contributed by atoms with van der Waals surface area (Å²) >= 11 is 0. The fourth-order valence-electron chi connectivity index (χ4n) is 4.23. The normalized spacial score (nSPS) is 27.0. The number of carboxylic acids is 1. The van der Waals surface area contributed by atoms with Crippen LogP contribution in [0.25, 0.3) is 0 Å². The maximum absolute atomic E-state index is 13.2. The Balaban J connectivity index is 1.75. The highest BCUT2D eigenvalue weighted by atomic mass is 32.2. The molecule has 160 valence electrons. The van der Waals surface area contributed by atoms with Gasteiger partial charge < -0.3 is 20.8 Å². The number of hydrogen-bond donors (Lipinski definition) is 3. The summed E-state index contributed by atoms with van der Waals surface area (Å²) in [6, 6.07) is 7.26. The van der Waals surface area contributed by atoms with Crippen LogP contribution in [0.15, 0.2) is 24.3 Å². The molecule has 1 aromatic rings. The van der Waals surface area contributed by atoms with Crippen molar-refractivity contribution in [3.05, 3.63) is 35.4 Å². The van der Waals surface area contributed by atoms with Crippen molar-refractivity contribution in [1.82, 2.24) is 9.21 Å². The fraction of sp³-hybridized carbons (Fsp3) is 0.579. The minimum atomic E-state index is -4.08. The van der Waals surface area contributed by atoms with Gasteiger partial charge >= 0.3 is 12.0 Å². The number of likely N-dealkylation sites (tertiary alicyclic amines) is 1. The van der Waals surface area contributed by atoms with Gasteiger partial charge in [0, 0.05) is 19.6 Å². The molecule has 2 aliphatic rings. The Kier molecular flexibility index (Phi) is 5.88. The van der Waals surface area contributed by atoms with Crippen LogP contribution >= 0.6 is 0 Å². The minimum absolute atomic E-state index is 0.0192. The monoisotopic (exact) mass is 425 g/mol. The third kappa shape index (κ3) is 4.10. The zero-order chi connectivity index (χ0) is 21.4. The lowest BCUT2D eigenvalue weighted by molar-refractivity contribution is -0.162. The number of aliphatic hydroxyl groups is 1. The molecule has 0 spiro atoms. The number of carbonyl (C=O) groups excluding carboxylic acids is 1. The first-order valence-corrected chi connectivity index (χ1v) is 11.1. The van der Waals surface area contributed by atoms with Crippen LogP contribution < -0.4 is 5.73 Å². The predicted octanol–water partition coefficient (Wildman–Crippen LogP) is 0.473. The van der Waals surface area contributed by atoms with E-state index < -0.39 is 39.4 Å². The summed E-state index contributed by atoms with van der Waals surface area (Å²) in [6.07, 6.45) is 1.05. The minimum Gasteiger partial charge on any atom is -0.479 e. The van der Waals surface area contributed by atoms with Crippen LogP contribution in [-0.4, -0.2) is 76.9 Å². The van der Waals surface area contributed by atoms with E-state index in [0.29, 0.717) is 12.8 Å². The summed E-state index contributed by atoms with van der Waals surface area (Å²) < 4.78 is 27.7. The van der Waals surface area contributed by atoms with Gasteiger partial charge in [-0.15, -0.1) is 0 Å². The van der Waals surface area contributed by atoms with Gasteiger partial charge in [0.15, 0.2) is 5.60 Å². The molecule has 2 aliphatic heterocycles. The number of rotatable bonds is 4. The van der Waals surface area contributed by atoms with Gasteiger partial charge in [0.2, 0.25) is 10.0 Å². The van der Waals surface area contributed by atoms with E-state index in [2.05, 4.69) is 0 Å². The number of urea groups is 1. The topological polar surface area (TPSA) is 141 Å². The average Bonchev–Trinajstić information content (AvgIpc) is 2.68. The molecular formula is C19H27N3O6S. The zero-order valence-electron chi connectivity index (χ0n) is 16.3. The van der Waals surface area contributed by atoms with Gasteiger partial charge in [0.1, 0.15) is 5.25 Å². The molecule has 29 heavy (non-hydrogen) atoms. The van der Waals surface area contributed by atoms with Crippen molar-refractivity contribution in [3.63, 3.8) is 0 Å². The van der Waals surface area contributed by atoms with Gasteiger partial charge in [-0.2, -0.15) is 0 Å². The second-order valence-corrected chi connectivity index (χ2v) is 10.0. The molecule has 4 N–H and O–H groups in total. The second kappa shape index (κ2) is 7.92. The fourth-order valence-corrected chi connectivity index (χ4v) is 6.39. The number of nitrogens with two attached hydrogens (primary N) is 1. The molecule has 0 aliphatic carbocycles. The van der Waals surface area contributed by atoms with Gasteiger partial charge in [0.25, 0.3) is 0 Å². The van der Waals surface area contributed by atoms with E-state index in [0.717, 1.165) is 16.0 Å². The van der Waals surface area contributed by atoms with Crippen LogP contribution in [0.4, 0.5) is 4.79 Å². The first-order valence-electron chi connectivity index (χ1n) is 9.61. The van der Waals surface area contributed by atoms with Gasteiger partial charge in [-0.3, -0.25) is 0 Å². The maximum atomic E-state index is 13.2. The van der Waals surface area contributed by atoms with E-state index in [4.69, 9.17) is 5.73 Å². The van der Waals surface area contributed by atoms with E-state index in [1.54, 1.807) is 0 Å². The maximum Gasteiger partial charge on any atom is 0.339 e. The third-order valence-corrected chi connectivity index (χ3v) is 8.46. The molecule has 2 fully saturated rings. The number of piperidine rings is 2. The SMILES string of the molecule is Cc1ccc(C2CCN(S(=O)(=O)C3CCN(C(N)=O)CC3(O)C(=O)O)CC2)cc1. The number of aryl methyl sites for hydroxylation is 1. The van der Waals surface area contributed by atoms with Gasteiger partial charge in [0.05, 0.1) is 6.54 Å². The molecule has 10 heteroatoms. The Morgan fingerprint density at radius 1 is 1.10 bits per heavy atom. The number of aliphatic carboxylic acids is 1. The van der Waals surface area contributed by atoms with Crippen molar-refractivity contribution in [2.24, 2.45) is 5.73 Å². The lowest BCUT2D eigenvalue weighted by Crippen LogP contribution is -2.66. The molecule has 1 aromatic carbocycles. The second-order valence-electron chi connectivity index (χ2n) is 7.90. The summed E-state index contributed by atoms with van der Waals surface area (Å²) in [4.78, 5) is 24.1. The number of carboxylic acid groups (broad SMARTS) is 1. The molecule has 0 radical (unpaired) electrons. The molecule has 0 saturated carbocycles. The molecule has 0 aromatic heterocycles. The van der Waals surface area contributed by atoms with Gasteiger partial charge in [-0.05, 0) is 37.7 Å². The van der Waals surface area contributed by atoms with Gasteiger partial charge in [-0.25, -0.2) is 22.3 Å². The first kappa shape index (κ1) is 21.5. The lowest BCUT2D eigenvalue weighted by Gasteiger charge is -2.43. The molecule has 2 heterocycles. The van der Waals surface area contributed by atoms with Crippen molar-refractivity contribution in [2.45, 2.75) is 43.0 Å². The molecule has 9 nitrogen and oxygen atoms in total. The highest BCUT2D eigenvalue weighted by Gasteiger charge is 2.56. The average molecular weight is 426 g/mol. The van der Waals surface area contributed by atoms with Crippen molar-refractivity contribution in [1.29, 1.82) is 0 Å². The van der Waals surface area contributed by atoms with E-state index in [1.807, 2.05) is 31.2 Å². The van der Waals surface area contributed by atoms with Crippen LogP contribution in [0.5, 0.6) is 0 Å². The van der Waals surface area contributed by atoms with Crippen LogP contribution in [0.1, 0.15) is 36.3 Å². The smallest absolute Gasteiger partial charge is 0.339 e. The number of β-amino-alcohol motifs (C(OH)–C–C–N with tert-alkyl or cyclic N) is 1. The molecule has 2 atom stereocenters. The van der Waals surface area contributed by atoms with Crippen LogP contribution in [0.2, 0.25) is 0 Å². The largest absolute Gasteiger partial charge is 0.479 e. The van der Waals surface area contributed by atoms with Crippen molar-refractivity contribution < 1.29 is 28.2 Å². The van der Waals surface area contributed by atoms with Crippen LogP contribution in [0, 0.1) is 6.92 Å². The van der Waals surface area contributed by atoms with Gasteiger partial charge in [-0.1, -0.05) is 29.8 Å². The number of benzene rings is 1. The van der Waals surface area contributed by atoms with Crippen molar-refractivity contribution >= 4 is 22.0 Å². The number of sulfonamides is 1. The Morgan fingerprint density at radius 2 is 1.69 bits per heavy atom. The molecule has 2 saturated heterocycles. The Bertz CT molecular complexity index is 880. The molecule has 3 rings (SSSR count). The Morgan fingerprint density at radius 3 is 2.21 bits per heavy atom. The van der Waals surface area contributed by atoms with E-state index in [1.165, 1.54) is 4.31 Å². The van der Waals surface area contributed by atoms with Crippen LogP contribution in [0.3, 0.4) is 0 Å². The summed E-state index contributed by atoms with van der Waals surface area (Å²) in [6.45, 7) is 1.85. The lowest BCUT2D eigenvalue weighted by atomic mass is 9.90. The quantitative estimate of drug-likeness (QED) is 0.640. The number of primary amides is 1. The number of nitrogens with zero attached hydrogens (tertiary/aromatic N) is 2. The summed E-state index contributed by atoms with van der Waals surface area (Å²) in [5.41, 5.74) is 4.90. The number of hydrogen-bond acceptors (Lipinski definition) is 5. The summed E-state index contributed by atoms with van der Waals surface area (Å²) in [5.74, 6) is -1.44. The molecule has 2 unspecified atom stereocenters. The highest BCUT2D eigenvalue weighted by molar-refractivity contribution is 7.89. The number of carbonyl (C=O) groups is 2. The molecule has 0 bridgehead atoms. The molecule has 2 amide bonds. The predicted molar refractivity (Wildman–Crippen MR) is 106 cm³/mol. The first-order chi connectivity index (χ1) is 13.6. The summed E-state index contributed by atoms with van der Waals surface area (Å²) in [5, 5.41) is 18.7. The van der Waals surface area contributed by atoms with E-state index in [-0.39, 0.29) is 32.0 Å².